The lowest BCUT2D eigenvalue weighted by molar-refractivity contribution is 0.0937. The Kier molecular flexibility index (Phi) is 6.88. The molecular formula is C17H18Cl2N2O4S. The van der Waals surface area contributed by atoms with Gasteiger partial charge in [0.15, 0.2) is 0 Å². The van der Waals surface area contributed by atoms with Gasteiger partial charge in [0.25, 0.3) is 15.9 Å². The van der Waals surface area contributed by atoms with E-state index >= 15 is 0 Å². The van der Waals surface area contributed by atoms with Gasteiger partial charge in [-0.15, -0.1) is 0 Å². The van der Waals surface area contributed by atoms with Crippen molar-refractivity contribution in [2.75, 3.05) is 31.6 Å². The number of rotatable bonds is 7. The number of hydrogen-bond donors (Lipinski definition) is 1. The highest BCUT2D eigenvalue weighted by atomic mass is 35.5. The molecule has 0 atom stereocenters. The first-order valence-electron chi connectivity index (χ1n) is 7.58. The molecule has 0 saturated carbocycles. The van der Waals surface area contributed by atoms with Gasteiger partial charge in [-0.25, -0.2) is 8.42 Å². The highest BCUT2D eigenvalue weighted by Crippen LogP contribution is 2.27. The molecule has 2 aromatic rings. The first-order valence-corrected chi connectivity index (χ1v) is 9.78. The molecule has 0 aliphatic rings. The van der Waals surface area contributed by atoms with Crippen molar-refractivity contribution in [3.8, 4) is 0 Å². The molecule has 1 amide bonds. The second-order valence-electron chi connectivity index (χ2n) is 5.34. The van der Waals surface area contributed by atoms with Crippen LogP contribution in [0.1, 0.15) is 10.4 Å². The molecule has 9 heteroatoms. The van der Waals surface area contributed by atoms with E-state index in [0.29, 0.717) is 23.9 Å². The highest BCUT2D eigenvalue weighted by Gasteiger charge is 2.22. The fourth-order valence-corrected chi connectivity index (χ4v) is 3.67. The van der Waals surface area contributed by atoms with Crippen molar-refractivity contribution in [3.05, 3.63) is 58.1 Å². The van der Waals surface area contributed by atoms with Gasteiger partial charge in [-0.3, -0.25) is 9.10 Å². The van der Waals surface area contributed by atoms with Gasteiger partial charge >= 0.3 is 0 Å². The Labute approximate surface area is 162 Å². The van der Waals surface area contributed by atoms with E-state index in [0.717, 1.165) is 4.31 Å². The van der Waals surface area contributed by atoms with Crippen LogP contribution in [-0.4, -0.2) is 41.6 Å². The summed E-state index contributed by atoms with van der Waals surface area (Å²) in [4.78, 5) is 12.3. The predicted molar refractivity (Wildman–Crippen MR) is 103 cm³/mol. The zero-order valence-electron chi connectivity index (χ0n) is 14.2. The van der Waals surface area contributed by atoms with Crippen LogP contribution in [0, 0.1) is 0 Å². The molecule has 0 aliphatic heterocycles. The number of carbonyl (C=O) groups is 1. The quantitative estimate of drug-likeness (QED) is 0.703. The number of nitrogens with zero attached hydrogens (tertiary/aromatic N) is 1. The first-order chi connectivity index (χ1) is 12.3. The summed E-state index contributed by atoms with van der Waals surface area (Å²) in [5.41, 5.74) is 0.486. The lowest BCUT2D eigenvalue weighted by Gasteiger charge is -2.20. The Morgan fingerprint density at radius 2 is 1.81 bits per heavy atom. The van der Waals surface area contributed by atoms with Crippen molar-refractivity contribution >= 4 is 44.8 Å². The molecule has 0 fully saturated rings. The number of benzene rings is 2. The summed E-state index contributed by atoms with van der Waals surface area (Å²) < 4.78 is 31.5. The second-order valence-corrected chi connectivity index (χ2v) is 8.15. The van der Waals surface area contributed by atoms with Crippen LogP contribution in [0.15, 0.2) is 47.4 Å². The molecule has 2 rings (SSSR count). The van der Waals surface area contributed by atoms with Gasteiger partial charge in [0.2, 0.25) is 0 Å². The molecular weight excluding hydrogens is 399 g/mol. The summed E-state index contributed by atoms with van der Waals surface area (Å²) in [7, 11) is -0.878. The molecule has 26 heavy (non-hydrogen) atoms. The Balaban J connectivity index is 2.31. The van der Waals surface area contributed by atoms with E-state index in [1.165, 1.54) is 56.6 Å². The van der Waals surface area contributed by atoms with E-state index in [1.807, 2.05) is 0 Å². The Morgan fingerprint density at radius 1 is 1.15 bits per heavy atom. The van der Waals surface area contributed by atoms with Crippen molar-refractivity contribution in [1.29, 1.82) is 0 Å². The van der Waals surface area contributed by atoms with Crippen molar-refractivity contribution in [1.82, 2.24) is 5.32 Å². The van der Waals surface area contributed by atoms with E-state index in [-0.39, 0.29) is 15.5 Å². The van der Waals surface area contributed by atoms with Crippen molar-refractivity contribution < 1.29 is 17.9 Å². The molecule has 6 nitrogen and oxygen atoms in total. The first kappa shape index (κ1) is 20.5. The summed E-state index contributed by atoms with van der Waals surface area (Å²) in [6.45, 7) is 0.669. The number of amides is 1. The minimum absolute atomic E-state index is 0.0884. The topological polar surface area (TPSA) is 75.7 Å². The van der Waals surface area contributed by atoms with Crippen LogP contribution in [0.4, 0.5) is 5.69 Å². The number of methoxy groups -OCH3 is 1. The minimum Gasteiger partial charge on any atom is -0.383 e. The van der Waals surface area contributed by atoms with E-state index in [4.69, 9.17) is 27.9 Å². The van der Waals surface area contributed by atoms with Crippen LogP contribution in [0.5, 0.6) is 0 Å². The number of hydrogen-bond acceptors (Lipinski definition) is 4. The molecule has 2 aromatic carbocycles. The van der Waals surface area contributed by atoms with Gasteiger partial charge in [-0.2, -0.15) is 0 Å². The fourth-order valence-electron chi connectivity index (χ4n) is 2.15. The molecule has 140 valence electrons. The number of ether oxygens (including phenoxy) is 1. The van der Waals surface area contributed by atoms with Crippen LogP contribution in [0.25, 0.3) is 0 Å². The van der Waals surface area contributed by atoms with E-state index in [9.17, 15) is 13.2 Å². The SMILES string of the molecule is COCCNC(=O)c1cc(N(C)S(=O)(=O)c2ccc(Cl)cc2)ccc1Cl. The highest BCUT2D eigenvalue weighted by molar-refractivity contribution is 7.92. The summed E-state index contributed by atoms with van der Waals surface area (Å²) in [5, 5.41) is 3.31. The summed E-state index contributed by atoms with van der Waals surface area (Å²) in [6, 6.07) is 10.3. The van der Waals surface area contributed by atoms with Crippen LogP contribution in [0.2, 0.25) is 10.0 Å². The monoisotopic (exact) mass is 416 g/mol. The molecule has 0 heterocycles. The zero-order chi connectivity index (χ0) is 19.3. The van der Waals surface area contributed by atoms with Crippen molar-refractivity contribution in [2.45, 2.75) is 4.90 Å². The molecule has 0 aliphatic carbocycles. The van der Waals surface area contributed by atoms with Gasteiger partial charge in [0, 0.05) is 25.7 Å². The standard InChI is InChI=1S/C17H18Cl2N2O4S/c1-21(26(23,24)14-6-3-12(18)4-7-14)13-5-8-16(19)15(11-13)17(22)20-9-10-25-2/h3-8,11H,9-10H2,1-2H3,(H,20,22). The lowest BCUT2D eigenvalue weighted by Crippen LogP contribution is -2.29. The molecule has 0 aromatic heterocycles. The predicted octanol–water partition coefficient (Wildman–Crippen LogP) is 3.19. The van der Waals surface area contributed by atoms with Crippen LogP contribution in [0.3, 0.4) is 0 Å². The molecule has 0 bridgehead atoms. The number of sulfonamides is 1. The maximum atomic E-state index is 12.8. The van der Waals surface area contributed by atoms with Crippen LogP contribution < -0.4 is 9.62 Å². The Morgan fingerprint density at radius 3 is 2.42 bits per heavy atom. The number of carbonyl (C=O) groups excluding carboxylic acids is 1. The average molecular weight is 417 g/mol. The Hall–Kier alpha value is -1.80. The number of anilines is 1. The number of nitrogens with one attached hydrogen (secondary N) is 1. The summed E-state index contributed by atoms with van der Waals surface area (Å²) in [6.07, 6.45) is 0. The normalized spacial score (nSPS) is 11.2. The van der Waals surface area contributed by atoms with Crippen molar-refractivity contribution in [2.24, 2.45) is 0 Å². The lowest BCUT2D eigenvalue weighted by atomic mass is 10.2. The second kappa shape index (κ2) is 8.73. The third kappa shape index (κ3) is 4.67. The molecule has 0 radical (unpaired) electrons. The van der Waals surface area contributed by atoms with E-state index < -0.39 is 15.9 Å². The Bertz CT molecular complexity index is 886. The van der Waals surface area contributed by atoms with Gasteiger partial charge in [-0.05, 0) is 42.5 Å². The smallest absolute Gasteiger partial charge is 0.264 e. The molecule has 0 unspecified atom stereocenters. The maximum Gasteiger partial charge on any atom is 0.264 e. The summed E-state index contributed by atoms with van der Waals surface area (Å²) >= 11 is 11.9. The largest absolute Gasteiger partial charge is 0.383 e. The average Bonchev–Trinajstić information content (AvgIpc) is 2.62. The molecule has 0 saturated heterocycles. The van der Waals surface area contributed by atoms with Crippen LogP contribution >= 0.6 is 23.2 Å². The minimum atomic E-state index is -3.81. The third-order valence-corrected chi connectivity index (χ3v) is 6.00. The molecule has 0 spiro atoms. The van der Waals surface area contributed by atoms with Gasteiger partial charge in [0.1, 0.15) is 0 Å². The number of halogens is 2. The molecule has 1 N–H and O–H groups in total. The fraction of sp³-hybridized carbons (Fsp3) is 0.235. The third-order valence-electron chi connectivity index (χ3n) is 3.62. The van der Waals surface area contributed by atoms with E-state index in [1.54, 1.807) is 0 Å². The van der Waals surface area contributed by atoms with E-state index in [2.05, 4.69) is 5.32 Å². The maximum absolute atomic E-state index is 12.8. The summed E-state index contributed by atoms with van der Waals surface area (Å²) in [5.74, 6) is -0.411. The van der Waals surface area contributed by atoms with Crippen LogP contribution in [-0.2, 0) is 14.8 Å². The zero-order valence-corrected chi connectivity index (χ0v) is 16.5. The van der Waals surface area contributed by atoms with Gasteiger partial charge < -0.3 is 10.1 Å². The van der Waals surface area contributed by atoms with Gasteiger partial charge in [0.05, 0.1) is 27.8 Å². The van der Waals surface area contributed by atoms with Crippen molar-refractivity contribution in [3.63, 3.8) is 0 Å². The van der Waals surface area contributed by atoms with Gasteiger partial charge in [-0.1, -0.05) is 23.2 Å².